The van der Waals surface area contributed by atoms with Gasteiger partial charge in [0, 0.05) is 13.1 Å². The van der Waals surface area contributed by atoms with Gasteiger partial charge in [0.2, 0.25) is 0 Å². The normalized spacial score (nSPS) is 11.0. The Hall–Kier alpha value is -1.69. The first-order valence-electron chi connectivity index (χ1n) is 6.42. The van der Waals surface area contributed by atoms with Crippen molar-refractivity contribution < 1.29 is 0 Å². The standard InChI is InChI=1S/C12H20N6/c1-3-5-13-6-11-8-18(16-15-11)9-12-7-14-10-17(12)4-2/h7-8,10,13H,3-6,9H2,1-2H3. The highest BCUT2D eigenvalue weighted by Crippen LogP contribution is 2.02. The number of rotatable bonds is 7. The van der Waals surface area contributed by atoms with E-state index in [4.69, 9.17) is 0 Å². The first-order valence-corrected chi connectivity index (χ1v) is 6.42. The van der Waals surface area contributed by atoms with E-state index in [0.717, 1.165) is 37.4 Å². The van der Waals surface area contributed by atoms with Crippen molar-refractivity contribution >= 4 is 0 Å². The van der Waals surface area contributed by atoms with E-state index in [1.54, 1.807) is 0 Å². The van der Waals surface area contributed by atoms with Gasteiger partial charge in [-0.15, -0.1) is 5.10 Å². The van der Waals surface area contributed by atoms with E-state index in [-0.39, 0.29) is 0 Å². The zero-order chi connectivity index (χ0) is 12.8. The molecule has 98 valence electrons. The lowest BCUT2D eigenvalue weighted by Gasteiger charge is -2.03. The Labute approximate surface area is 107 Å². The molecule has 2 heterocycles. The Kier molecular flexibility index (Phi) is 4.46. The summed E-state index contributed by atoms with van der Waals surface area (Å²) < 4.78 is 3.96. The number of nitrogens with one attached hydrogen (secondary N) is 1. The molecule has 0 spiro atoms. The van der Waals surface area contributed by atoms with E-state index in [1.807, 2.05) is 23.4 Å². The highest BCUT2D eigenvalue weighted by atomic mass is 15.4. The highest BCUT2D eigenvalue weighted by Gasteiger charge is 2.04. The molecule has 0 atom stereocenters. The predicted molar refractivity (Wildman–Crippen MR) is 69.0 cm³/mol. The van der Waals surface area contributed by atoms with Crippen LogP contribution in [-0.4, -0.2) is 31.1 Å². The van der Waals surface area contributed by atoms with Crippen LogP contribution in [0.4, 0.5) is 0 Å². The van der Waals surface area contributed by atoms with Crippen LogP contribution >= 0.6 is 0 Å². The van der Waals surface area contributed by atoms with Crippen LogP contribution in [0.25, 0.3) is 0 Å². The molecule has 2 rings (SSSR count). The third-order valence-electron chi connectivity index (χ3n) is 2.78. The van der Waals surface area contributed by atoms with E-state index in [1.165, 1.54) is 0 Å². The van der Waals surface area contributed by atoms with Crippen molar-refractivity contribution in [2.45, 2.75) is 39.9 Å². The van der Waals surface area contributed by atoms with Crippen molar-refractivity contribution in [1.29, 1.82) is 0 Å². The number of imidazole rings is 1. The SMILES string of the molecule is CCCNCc1cn(Cc2cncn2CC)nn1. The summed E-state index contributed by atoms with van der Waals surface area (Å²) in [7, 11) is 0. The summed E-state index contributed by atoms with van der Waals surface area (Å²) in [4.78, 5) is 4.15. The molecule has 0 radical (unpaired) electrons. The van der Waals surface area contributed by atoms with Gasteiger partial charge in [-0.25, -0.2) is 9.67 Å². The first kappa shape index (κ1) is 12.8. The van der Waals surface area contributed by atoms with E-state index >= 15 is 0 Å². The van der Waals surface area contributed by atoms with Gasteiger partial charge in [-0.1, -0.05) is 12.1 Å². The number of aryl methyl sites for hydroxylation is 1. The van der Waals surface area contributed by atoms with E-state index in [0.29, 0.717) is 6.54 Å². The second-order valence-electron chi connectivity index (χ2n) is 4.26. The van der Waals surface area contributed by atoms with Crippen LogP contribution in [0.15, 0.2) is 18.7 Å². The van der Waals surface area contributed by atoms with Crippen LogP contribution in [0.2, 0.25) is 0 Å². The molecule has 18 heavy (non-hydrogen) atoms. The lowest BCUT2D eigenvalue weighted by Crippen LogP contribution is -2.13. The van der Waals surface area contributed by atoms with Crippen LogP contribution in [0.5, 0.6) is 0 Å². The van der Waals surface area contributed by atoms with Crippen molar-refractivity contribution in [1.82, 2.24) is 29.9 Å². The third-order valence-corrected chi connectivity index (χ3v) is 2.78. The minimum atomic E-state index is 0.717. The van der Waals surface area contributed by atoms with Gasteiger partial charge in [0.05, 0.1) is 36.7 Å². The van der Waals surface area contributed by atoms with Crippen molar-refractivity contribution in [2.24, 2.45) is 0 Å². The Balaban J connectivity index is 1.94. The zero-order valence-corrected chi connectivity index (χ0v) is 11.0. The molecule has 6 nitrogen and oxygen atoms in total. The molecule has 0 unspecified atom stereocenters. The van der Waals surface area contributed by atoms with Crippen LogP contribution < -0.4 is 5.32 Å². The lowest BCUT2D eigenvalue weighted by molar-refractivity contribution is 0.602. The molecule has 0 saturated heterocycles. The quantitative estimate of drug-likeness (QED) is 0.744. The van der Waals surface area contributed by atoms with Gasteiger partial charge in [0.15, 0.2) is 0 Å². The third kappa shape index (κ3) is 3.16. The van der Waals surface area contributed by atoms with Gasteiger partial charge in [-0.05, 0) is 19.9 Å². The molecule has 2 aromatic heterocycles. The minimum Gasteiger partial charge on any atom is -0.333 e. The fraction of sp³-hybridized carbons (Fsp3) is 0.583. The molecular formula is C12H20N6. The molecular weight excluding hydrogens is 228 g/mol. The fourth-order valence-electron chi connectivity index (χ4n) is 1.82. The highest BCUT2D eigenvalue weighted by molar-refractivity contribution is 5.00. The second kappa shape index (κ2) is 6.30. The molecule has 0 fully saturated rings. The first-order chi connectivity index (χ1) is 8.83. The topological polar surface area (TPSA) is 60.6 Å². The largest absolute Gasteiger partial charge is 0.333 e. The predicted octanol–water partition coefficient (Wildman–Crippen LogP) is 1.04. The Bertz CT molecular complexity index is 472. The van der Waals surface area contributed by atoms with Gasteiger partial charge in [-0.3, -0.25) is 0 Å². The van der Waals surface area contributed by atoms with Crippen LogP contribution in [-0.2, 0) is 19.6 Å². The second-order valence-corrected chi connectivity index (χ2v) is 4.26. The molecule has 1 N–H and O–H groups in total. The van der Waals surface area contributed by atoms with Gasteiger partial charge >= 0.3 is 0 Å². The van der Waals surface area contributed by atoms with Crippen molar-refractivity contribution in [3.8, 4) is 0 Å². The van der Waals surface area contributed by atoms with Gasteiger partial charge in [0.25, 0.3) is 0 Å². The number of hydrogen-bond acceptors (Lipinski definition) is 4. The van der Waals surface area contributed by atoms with Crippen LogP contribution in [0.3, 0.4) is 0 Å². The zero-order valence-electron chi connectivity index (χ0n) is 11.0. The summed E-state index contributed by atoms with van der Waals surface area (Å²) in [5, 5.41) is 11.6. The van der Waals surface area contributed by atoms with Crippen LogP contribution in [0.1, 0.15) is 31.7 Å². The van der Waals surface area contributed by atoms with Gasteiger partial charge < -0.3 is 9.88 Å². The molecule has 0 aromatic carbocycles. The molecule has 6 heteroatoms. The fourth-order valence-corrected chi connectivity index (χ4v) is 1.82. The molecule has 0 aliphatic rings. The summed E-state index contributed by atoms with van der Waals surface area (Å²) in [5.41, 5.74) is 2.13. The van der Waals surface area contributed by atoms with Crippen molar-refractivity contribution in [3.05, 3.63) is 30.1 Å². The van der Waals surface area contributed by atoms with Crippen molar-refractivity contribution in [2.75, 3.05) is 6.54 Å². The molecule has 0 aliphatic carbocycles. The summed E-state index contributed by atoms with van der Waals surface area (Å²) in [6, 6.07) is 0. The average molecular weight is 248 g/mol. The van der Waals surface area contributed by atoms with Gasteiger partial charge in [-0.2, -0.15) is 0 Å². The molecule has 0 bridgehead atoms. The summed E-state index contributed by atoms with van der Waals surface area (Å²) >= 11 is 0. The Morgan fingerprint density at radius 3 is 3.00 bits per heavy atom. The Morgan fingerprint density at radius 1 is 1.33 bits per heavy atom. The maximum atomic E-state index is 4.15. The van der Waals surface area contributed by atoms with E-state index in [9.17, 15) is 0 Å². The molecule has 2 aromatic rings. The number of aromatic nitrogens is 5. The average Bonchev–Trinajstić information content (AvgIpc) is 2.99. The minimum absolute atomic E-state index is 0.717. The summed E-state index contributed by atoms with van der Waals surface area (Å²) in [5.74, 6) is 0. The molecule has 0 aliphatic heterocycles. The summed E-state index contributed by atoms with van der Waals surface area (Å²) in [6.45, 7) is 7.68. The van der Waals surface area contributed by atoms with Crippen molar-refractivity contribution in [3.63, 3.8) is 0 Å². The maximum absolute atomic E-state index is 4.15. The monoisotopic (exact) mass is 248 g/mol. The maximum Gasteiger partial charge on any atom is 0.0964 e. The van der Waals surface area contributed by atoms with Gasteiger partial charge in [0.1, 0.15) is 0 Å². The smallest absolute Gasteiger partial charge is 0.0964 e. The van der Waals surface area contributed by atoms with E-state index < -0.39 is 0 Å². The molecule has 0 saturated carbocycles. The summed E-state index contributed by atoms with van der Waals surface area (Å²) in [6.07, 6.45) is 6.83. The Morgan fingerprint density at radius 2 is 2.22 bits per heavy atom. The number of hydrogen-bond donors (Lipinski definition) is 1. The lowest BCUT2D eigenvalue weighted by atomic mass is 10.4. The van der Waals surface area contributed by atoms with Crippen LogP contribution in [0, 0.1) is 0 Å². The molecule has 0 amide bonds. The number of nitrogens with zero attached hydrogens (tertiary/aromatic N) is 5. The van der Waals surface area contributed by atoms with E-state index in [2.05, 4.69) is 39.0 Å².